The average Bonchev–Trinajstić information content (AvgIpc) is 1.63. The summed E-state index contributed by atoms with van der Waals surface area (Å²) in [4.78, 5) is 10.6. The van der Waals surface area contributed by atoms with Crippen LogP contribution in [0.1, 0.15) is 19.8 Å². The van der Waals surface area contributed by atoms with E-state index in [1.807, 2.05) is 6.92 Å². The molecular weight excluding hydrogens is 116 g/mol. The first-order valence-corrected chi connectivity index (χ1v) is 2.88. The van der Waals surface area contributed by atoms with Crippen molar-refractivity contribution in [2.75, 3.05) is 0 Å². The summed E-state index contributed by atoms with van der Waals surface area (Å²) >= 11 is 0. The molecule has 3 heteroatoms. The summed E-state index contributed by atoms with van der Waals surface area (Å²) in [5.41, 5.74) is 4.93. The topological polar surface area (TPSA) is 66.9 Å². The van der Waals surface area contributed by atoms with E-state index in [2.05, 4.69) is 0 Å². The fraction of sp³-hybridized carbons (Fsp3) is 0.500. The van der Waals surface area contributed by atoms with Gasteiger partial charge >= 0.3 is 0 Å². The minimum Gasteiger partial charge on any atom is -0.387 e. The van der Waals surface area contributed by atoms with Crippen molar-refractivity contribution in [3.8, 4) is 0 Å². The summed E-state index contributed by atoms with van der Waals surface area (Å²) in [7, 11) is 0. The van der Waals surface area contributed by atoms with E-state index in [1.54, 1.807) is 0 Å². The van der Waals surface area contributed by atoms with Crippen molar-refractivity contribution in [3.05, 3.63) is 6.42 Å². The van der Waals surface area contributed by atoms with Gasteiger partial charge in [0.25, 0.3) is 0 Å². The minimum absolute atomic E-state index is 0.0648. The number of hydrogen-bond donors (Lipinski definition) is 2. The van der Waals surface area contributed by atoms with Crippen LogP contribution in [-0.4, -0.2) is 11.6 Å². The van der Waals surface area contributed by atoms with Crippen LogP contribution >= 0.6 is 0 Å². The van der Waals surface area contributed by atoms with Gasteiger partial charge < -0.3 is 5.73 Å². The predicted molar refractivity (Wildman–Crippen MR) is 36.1 cm³/mol. The fourth-order valence-electron chi connectivity index (χ4n) is 0.492. The number of carbonyl (C=O) groups is 1. The van der Waals surface area contributed by atoms with Crippen molar-refractivity contribution in [3.63, 3.8) is 0 Å². The predicted octanol–water partition coefficient (Wildman–Crippen LogP) is 0.496. The second-order valence-electron chi connectivity index (χ2n) is 1.82. The Morgan fingerprint density at radius 3 is 2.67 bits per heavy atom. The van der Waals surface area contributed by atoms with Crippen molar-refractivity contribution in [2.24, 2.45) is 5.73 Å². The highest BCUT2D eigenvalue weighted by Crippen LogP contribution is 1.91. The van der Waals surface area contributed by atoms with E-state index in [9.17, 15) is 4.79 Å². The highest BCUT2D eigenvalue weighted by molar-refractivity contribution is 6.09. The number of amidine groups is 1. The van der Waals surface area contributed by atoms with E-state index in [0.717, 1.165) is 12.8 Å². The van der Waals surface area contributed by atoms with Gasteiger partial charge in [-0.1, -0.05) is 6.92 Å². The molecule has 0 unspecified atom stereocenters. The normalized spacial score (nSPS) is 9.00. The first kappa shape index (κ1) is 8.14. The first-order chi connectivity index (χ1) is 4.16. The molecule has 0 aromatic heterocycles. The summed E-state index contributed by atoms with van der Waals surface area (Å²) in [6.07, 6.45) is 2.44. The molecule has 9 heavy (non-hydrogen) atoms. The lowest BCUT2D eigenvalue weighted by atomic mass is 10.2. The van der Waals surface area contributed by atoms with E-state index in [-0.39, 0.29) is 11.6 Å². The smallest absolute Gasteiger partial charge is 0.144 e. The van der Waals surface area contributed by atoms with Crippen molar-refractivity contribution in [1.29, 1.82) is 5.41 Å². The molecule has 0 aromatic rings. The Labute approximate surface area is 54.8 Å². The number of Topliss-reactive ketones (excluding diaryl/α,β-unsaturated/α-hetero) is 1. The van der Waals surface area contributed by atoms with Crippen LogP contribution < -0.4 is 5.73 Å². The lowest BCUT2D eigenvalue weighted by molar-refractivity contribution is -0.115. The SMILES string of the molecule is CCCC(=O)[CH]C(=N)N. The quantitative estimate of drug-likeness (QED) is 0.426. The van der Waals surface area contributed by atoms with Gasteiger partial charge in [-0.2, -0.15) is 0 Å². The molecule has 3 N–H and O–H groups in total. The van der Waals surface area contributed by atoms with Gasteiger partial charge in [0.15, 0.2) is 0 Å². The molecule has 0 aromatic carbocycles. The molecule has 0 aliphatic heterocycles. The van der Waals surface area contributed by atoms with Gasteiger partial charge in [-0.25, -0.2) is 0 Å². The Bertz CT molecular complexity index is 120. The zero-order valence-electron chi connectivity index (χ0n) is 5.48. The molecular formula is C6H11N2O. The molecule has 0 aliphatic rings. The zero-order valence-corrected chi connectivity index (χ0v) is 5.48. The largest absolute Gasteiger partial charge is 0.387 e. The third-order valence-electron chi connectivity index (χ3n) is 0.813. The molecule has 0 amide bonds. The van der Waals surface area contributed by atoms with Crippen molar-refractivity contribution < 1.29 is 4.79 Å². The van der Waals surface area contributed by atoms with Crippen LogP contribution in [0.25, 0.3) is 0 Å². The minimum atomic E-state index is -0.159. The molecule has 0 fully saturated rings. The summed E-state index contributed by atoms with van der Waals surface area (Å²) in [5, 5.41) is 6.70. The maximum Gasteiger partial charge on any atom is 0.144 e. The Morgan fingerprint density at radius 2 is 2.33 bits per heavy atom. The van der Waals surface area contributed by atoms with Gasteiger partial charge in [0.2, 0.25) is 0 Å². The number of hydrogen-bond acceptors (Lipinski definition) is 2. The van der Waals surface area contributed by atoms with Gasteiger partial charge in [0.05, 0.1) is 6.42 Å². The van der Waals surface area contributed by atoms with Crippen molar-refractivity contribution in [2.45, 2.75) is 19.8 Å². The molecule has 51 valence electrons. The standard InChI is InChI=1S/C6H11N2O/c1-2-3-5(9)4-6(7)8/h4H,2-3H2,1H3,(H3,7,8). The van der Waals surface area contributed by atoms with Crippen LogP contribution in [-0.2, 0) is 4.79 Å². The molecule has 3 nitrogen and oxygen atoms in total. The summed E-state index contributed by atoms with van der Waals surface area (Å²) in [6, 6.07) is 0. The van der Waals surface area contributed by atoms with Crippen LogP contribution in [0.15, 0.2) is 0 Å². The molecule has 0 aliphatic carbocycles. The fourth-order valence-corrected chi connectivity index (χ4v) is 0.492. The van der Waals surface area contributed by atoms with E-state index in [4.69, 9.17) is 11.1 Å². The van der Waals surface area contributed by atoms with Gasteiger partial charge in [-0.15, -0.1) is 0 Å². The van der Waals surface area contributed by atoms with Gasteiger partial charge in [0.1, 0.15) is 11.6 Å². The number of rotatable bonds is 4. The van der Waals surface area contributed by atoms with Crippen LogP contribution in [0.3, 0.4) is 0 Å². The monoisotopic (exact) mass is 127 g/mol. The second-order valence-corrected chi connectivity index (χ2v) is 1.82. The Morgan fingerprint density at radius 1 is 1.78 bits per heavy atom. The van der Waals surface area contributed by atoms with Crippen LogP contribution in [0.5, 0.6) is 0 Å². The average molecular weight is 127 g/mol. The summed E-state index contributed by atoms with van der Waals surface area (Å²) in [5.74, 6) is -0.224. The van der Waals surface area contributed by atoms with E-state index in [1.165, 1.54) is 0 Å². The lowest BCUT2D eigenvalue weighted by Crippen LogP contribution is -2.15. The molecule has 0 saturated heterocycles. The van der Waals surface area contributed by atoms with E-state index in [0.29, 0.717) is 6.42 Å². The zero-order chi connectivity index (χ0) is 7.28. The molecule has 0 bridgehead atoms. The molecule has 0 saturated carbocycles. The highest BCUT2D eigenvalue weighted by Gasteiger charge is 2.00. The van der Waals surface area contributed by atoms with Gasteiger partial charge in [-0.05, 0) is 6.42 Å². The number of carbonyl (C=O) groups excluding carboxylic acids is 1. The molecule has 0 rings (SSSR count). The molecule has 0 atom stereocenters. The molecule has 0 spiro atoms. The lowest BCUT2D eigenvalue weighted by Gasteiger charge is -1.93. The second kappa shape index (κ2) is 4.06. The van der Waals surface area contributed by atoms with Crippen molar-refractivity contribution in [1.82, 2.24) is 0 Å². The number of nitrogens with one attached hydrogen (secondary N) is 1. The summed E-state index contributed by atoms with van der Waals surface area (Å²) < 4.78 is 0. The molecule has 1 radical (unpaired) electrons. The molecule has 0 heterocycles. The van der Waals surface area contributed by atoms with Gasteiger partial charge in [0, 0.05) is 6.42 Å². The number of nitrogens with two attached hydrogens (primary N) is 1. The summed E-state index contributed by atoms with van der Waals surface area (Å²) in [6.45, 7) is 1.91. The van der Waals surface area contributed by atoms with Gasteiger partial charge in [-0.3, -0.25) is 10.2 Å². The maximum atomic E-state index is 10.6. The van der Waals surface area contributed by atoms with E-state index >= 15 is 0 Å². The maximum absolute atomic E-state index is 10.6. The van der Waals surface area contributed by atoms with Crippen LogP contribution in [0.4, 0.5) is 0 Å². The van der Waals surface area contributed by atoms with Crippen LogP contribution in [0.2, 0.25) is 0 Å². The number of ketones is 1. The Kier molecular flexibility index (Phi) is 3.67. The third-order valence-corrected chi connectivity index (χ3v) is 0.813. The Balaban J connectivity index is 3.39. The third kappa shape index (κ3) is 5.00. The first-order valence-electron chi connectivity index (χ1n) is 2.88. The highest BCUT2D eigenvalue weighted by atomic mass is 16.1. The Hall–Kier alpha value is -0.860. The van der Waals surface area contributed by atoms with E-state index < -0.39 is 0 Å². The van der Waals surface area contributed by atoms with Crippen molar-refractivity contribution >= 4 is 11.6 Å². The van der Waals surface area contributed by atoms with Crippen LogP contribution in [0, 0.1) is 11.8 Å².